The number of carbonyl (C=O) groups excluding carboxylic acids is 1. The summed E-state index contributed by atoms with van der Waals surface area (Å²) in [5.74, 6) is 1.88. The second-order valence-corrected chi connectivity index (χ2v) is 7.59. The summed E-state index contributed by atoms with van der Waals surface area (Å²) in [6, 6.07) is 3.28. The number of hydrogen-bond acceptors (Lipinski definition) is 9. The van der Waals surface area contributed by atoms with Gasteiger partial charge in [0.15, 0.2) is 15.8 Å². The molecular weight excluding hydrogens is 402 g/mol. The number of aromatic nitrogens is 2. The van der Waals surface area contributed by atoms with E-state index >= 15 is 0 Å². The molecule has 10 heteroatoms. The third-order valence-electron chi connectivity index (χ3n) is 3.31. The van der Waals surface area contributed by atoms with Gasteiger partial charge < -0.3 is 18.9 Å². The van der Waals surface area contributed by atoms with E-state index in [1.54, 1.807) is 19.2 Å². The first-order valence-electron chi connectivity index (χ1n) is 8.95. The summed E-state index contributed by atoms with van der Waals surface area (Å²) in [6.45, 7) is 7.58. The van der Waals surface area contributed by atoms with Gasteiger partial charge in [-0.1, -0.05) is 23.1 Å². The van der Waals surface area contributed by atoms with Crippen LogP contribution in [0.2, 0.25) is 0 Å². The van der Waals surface area contributed by atoms with Crippen LogP contribution in [0.5, 0.6) is 17.2 Å². The Morgan fingerprint density at radius 1 is 1.07 bits per heavy atom. The molecular formula is C18H25N3O5S2. The molecule has 0 bridgehead atoms. The fraction of sp³-hybridized carbons (Fsp3) is 0.500. The highest BCUT2D eigenvalue weighted by molar-refractivity contribution is 8.01. The van der Waals surface area contributed by atoms with Crippen LogP contribution in [-0.2, 0) is 4.74 Å². The number of nitrogens with one attached hydrogen (secondary N) is 1. The van der Waals surface area contributed by atoms with Crippen LogP contribution in [0.15, 0.2) is 16.5 Å². The van der Waals surface area contributed by atoms with Gasteiger partial charge in [0.25, 0.3) is 5.91 Å². The first-order chi connectivity index (χ1) is 13.6. The van der Waals surface area contributed by atoms with E-state index in [0.717, 1.165) is 10.1 Å². The zero-order valence-electron chi connectivity index (χ0n) is 16.4. The van der Waals surface area contributed by atoms with Crippen molar-refractivity contribution in [2.24, 2.45) is 0 Å². The van der Waals surface area contributed by atoms with Gasteiger partial charge in [-0.3, -0.25) is 10.1 Å². The summed E-state index contributed by atoms with van der Waals surface area (Å²) in [6.07, 6.45) is 0. The molecule has 28 heavy (non-hydrogen) atoms. The van der Waals surface area contributed by atoms with E-state index in [2.05, 4.69) is 15.5 Å². The zero-order valence-corrected chi connectivity index (χ0v) is 18.1. The molecule has 2 rings (SSSR count). The molecule has 0 saturated carbocycles. The minimum atomic E-state index is -0.324. The van der Waals surface area contributed by atoms with Crippen molar-refractivity contribution in [2.75, 3.05) is 44.6 Å². The van der Waals surface area contributed by atoms with Gasteiger partial charge in [-0.25, -0.2) is 0 Å². The minimum Gasteiger partial charge on any atom is -0.490 e. The van der Waals surface area contributed by atoms with Crippen LogP contribution in [0.4, 0.5) is 5.13 Å². The molecule has 1 aromatic carbocycles. The molecule has 154 valence electrons. The van der Waals surface area contributed by atoms with Gasteiger partial charge in [-0.2, -0.15) is 0 Å². The van der Waals surface area contributed by atoms with Crippen molar-refractivity contribution in [3.63, 3.8) is 0 Å². The Morgan fingerprint density at radius 3 is 2.29 bits per heavy atom. The molecule has 0 spiro atoms. The smallest absolute Gasteiger partial charge is 0.257 e. The molecule has 0 aliphatic carbocycles. The normalized spacial score (nSPS) is 10.6. The summed E-state index contributed by atoms with van der Waals surface area (Å²) in [5, 5.41) is 11.3. The zero-order chi connectivity index (χ0) is 20.4. The van der Waals surface area contributed by atoms with Crippen LogP contribution >= 0.6 is 23.1 Å². The lowest BCUT2D eigenvalue weighted by Gasteiger charge is -2.16. The number of carbonyl (C=O) groups is 1. The van der Waals surface area contributed by atoms with E-state index in [4.69, 9.17) is 18.9 Å². The number of ether oxygens (including phenoxy) is 4. The number of anilines is 1. The van der Waals surface area contributed by atoms with Crippen molar-refractivity contribution in [2.45, 2.75) is 25.1 Å². The van der Waals surface area contributed by atoms with E-state index in [1.807, 2.05) is 20.8 Å². The maximum absolute atomic E-state index is 12.7. The summed E-state index contributed by atoms with van der Waals surface area (Å²) < 4.78 is 22.7. The first-order valence-corrected chi connectivity index (χ1v) is 10.8. The molecule has 0 aliphatic heterocycles. The van der Waals surface area contributed by atoms with Gasteiger partial charge in [-0.05, 0) is 32.9 Å². The van der Waals surface area contributed by atoms with Crippen molar-refractivity contribution < 1.29 is 23.7 Å². The van der Waals surface area contributed by atoms with Gasteiger partial charge in [0.05, 0.1) is 26.4 Å². The lowest BCUT2D eigenvalue weighted by Crippen LogP contribution is -2.13. The van der Waals surface area contributed by atoms with Crippen LogP contribution in [0.1, 0.15) is 31.1 Å². The van der Waals surface area contributed by atoms with Gasteiger partial charge in [0.2, 0.25) is 10.9 Å². The Balaban J connectivity index is 2.19. The van der Waals surface area contributed by atoms with E-state index < -0.39 is 0 Å². The molecule has 1 aromatic heterocycles. The van der Waals surface area contributed by atoms with Gasteiger partial charge in [0.1, 0.15) is 0 Å². The van der Waals surface area contributed by atoms with E-state index in [9.17, 15) is 4.79 Å². The number of amides is 1. The van der Waals surface area contributed by atoms with Crippen molar-refractivity contribution in [3.05, 3.63) is 17.7 Å². The molecule has 8 nitrogen and oxygen atoms in total. The highest BCUT2D eigenvalue weighted by Gasteiger charge is 2.19. The Kier molecular flexibility index (Phi) is 9.32. The largest absolute Gasteiger partial charge is 0.490 e. The monoisotopic (exact) mass is 427 g/mol. The number of rotatable bonds is 12. The van der Waals surface area contributed by atoms with Crippen molar-refractivity contribution >= 4 is 34.1 Å². The Hall–Kier alpha value is -2.04. The number of hydrogen-bond donors (Lipinski definition) is 1. The Labute approximate surface area is 172 Å². The third kappa shape index (κ3) is 6.25. The first kappa shape index (κ1) is 22.3. The SMILES string of the molecule is CCOc1cc(C(=O)Nc2nnc(SCCOC)s2)cc(OCC)c1OCC. The summed E-state index contributed by atoms with van der Waals surface area (Å²) in [5.41, 5.74) is 0.388. The lowest BCUT2D eigenvalue weighted by atomic mass is 10.1. The fourth-order valence-corrected chi connectivity index (χ4v) is 3.94. The Bertz CT molecular complexity index is 742. The topological polar surface area (TPSA) is 91.8 Å². The number of thioether (sulfide) groups is 1. The summed E-state index contributed by atoms with van der Waals surface area (Å²) >= 11 is 2.84. The second-order valence-electron chi connectivity index (χ2n) is 5.27. The summed E-state index contributed by atoms with van der Waals surface area (Å²) in [4.78, 5) is 12.7. The minimum absolute atomic E-state index is 0.324. The maximum Gasteiger partial charge on any atom is 0.257 e. The lowest BCUT2D eigenvalue weighted by molar-refractivity contribution is 0.102. The number of nitrogens with zero attached hydrogens (tertiary/aromatic N) is 2. The average molecular weight is 428 g/mol. The molecule has 1 heterocycles. The predicted octanol–water partition coefficient (Wildman–Crippen LogP) is 3.73. The van der Waals surface area contributed by atoms with E-state index in [0.29, 0.717) is 54.4 Å². The van der Waals surface area contributed by atoms with Crippen LogP contribution in [0, 0.1) is 0 Å². The maximum atomic E-state index is 12.7. The van der Waals surface area contributed by atoms with Crippen LogP contribution < -0.4 is 19.5 Å². The quantitative estimate of drug-likeness (QED) is 0.311. The van der Waals surface area contributed by atoms with E-state index in [-0.39, 0.29) is 5.91 Å². The van der Waals surface area contributed by atoms with Crippen molar-refractivity contribution in [1.82, 2.24) is 10.2 Å². The molecule has 0 atom stereocenters. The highest BCUT2D eigenvalue weighted by Crippen LogP contribution is 2.39. The van der Waals surface area contributed by atoms with Gasteiger partial charge in [-0.15, -0.1) is 10.2 Å². The predicted molar refractivity (Wildman–Crippen MR) is 110 cm³/mol. The molecule has 0 unspecified atom stereocenters. The summed E-state index contributed by atoms with van der Waals surface area (Å²) in [7, 11) is 1.65. The van der Waals surface area contributed by atoms with Crippen molar-refractivity contribution in [1.29, 1.82) is 0 Å². The van der Waals surface area contributed by atoms with Gasteiger partial charge in [0, 0.05) is 18.4 Å². The van der Waals surface area contributed by atoms with Crippen LogP contribution in [0.25, 0.3) is 0 Å². The van der Waals surface area contributed by atoms with Crippen molar-refractivity contribution in [3.8, 4) is 17.2 Å². The molecule has 0 aliphatic rings. The Morgan fingerprint density at radius 2 is 1.71 bits per heavy atom. The molecule has 1 N–H and O–H groups in total. The van der Waals surface area contributed by atoms with Gasteiger partial charge >= 0.3 is 0 Å². The number of benzene rings is 1. The second kappa shape index (κ2) is 11.7. The van der Waals surface area contributed by atoms with Crippen LogP contribution in [0.3, 0.4) is 0 Å². The molecule has 0 saturated heterocycles. The fourth-order valence-electron chi connectivity index (χ4n) is 2.22. The molecule has 0 fully saturated rings. The molecule has 1 amide bonds. The number of methoxy groups -OCH3 is 1. The average Bonchev–Trinajstić information content (AvgIpc) is 3.12. The highest BCUT2D eigenvalue weighted by atomic mass is 32.2. The third-order valence-corrected chi connectivity index (χ3v) is 5.25. The molecule has 0 radical (unpaired) electrons. The van der Waals surface area contributed by atoms with Crippen LogP contribution in [-0.4, -0.2) is 55.4 Å². The molecule has 2 aromatic rings. The van der Waals surface area contributed by atoms with E-state index in [1.165, 1.54) is 23.1 Å². The standard InChI is InChI=1S/C18H25N3O5S2/c1-5-24-13-10-12(11-14(25-6-2)15(13)26-7-3)16(22)19-17-20-21-18(28-17)27-9-8-23-4/h10-11H,5-9H2,1-4H3,(H,19,20,22).